The normalized spacial score (nSPS) is 24.6. The van der Waals surface area contributed by atoms with Crippen LogP contribution in [0.2, 0.25) is 0 Å². The number of hydrogen-bond acceptors (Lipinski definition) is 3. The first-order valence-electron chi connectivity index (χ1n) is 6.63. The average Bonchev–Trinajstić information content (AvgIpc) is 3.10. The predicted octanol–water partition coefficient (Wildman–Crippen LogP) is 0.427. The highest BCUT2D eigenvalue weighted by molar-refractivity contribution is 5.89. The van der Waals surface area contributed by atoms with Crippen molar-refractivity contribution in [2.24, 2.45) is 5.92 Å². The van der Waals surface area contributed by atoms with Crippen molar-refractivity contribution in [1.29, 1.82) is 0 Å². The molecule has 1 aliphatic heterocycles. The molecule has 2 amide bonds. The summed E-state index contributed by atoms with van der Waals surface area (Å²) in [5.74, 6) is -0.733. The van der Waals surface area contributed by atoms with E-state index in [9.17, 15) is 22.8 Å². The fourth-order valence-corrected chi connectivity index (χ4v) is 2.30. The Kier molecular flexibility index (Phi) is 4.22. The number of carbonyl (C=O) groups is 2. The third-order valence-electron chi connectivity index (χ3n) is 3.61. The van der Waals surface area contributed by atoms with Crippen molar-refractivity contribution in [1.82, 2.24) is 10.2 Å². The van der Waals surface area contributed by atoms with E-state index in [1.807, 2.05) is 0 Å². The van der Waals surface area contributed by atoms with Crippen LogP contribution >= 0.6 is 0 Å². The molecule has 2 aliphatic rings. The van der Waals surface area contributed by atoms with E-state index in [4.69, 9.17) is 5.11 Å². The molecule has 0 aromatic carbocycles. The number of likely N-dealkylation sites (tertiary alicyclic amines) is 1. The largest absolute Gasteiger partial charge is 0.416 e. The maximum absolute atomic E-state index is 12.1. The summed E-state index contributed by atoms with van der Waals surface area (Å²) in [6, 6.07) is -0.705. The fourth-order valence-electron chi connectivity index (χ4n) is 2.30. The lowest BCUT2D eigenvalue weighted by atomic mass is 10.2. The molecule has 1 saturated heterocycles. The summed E-state index contributed by atoms with van der Waals surface area (Å²) in [6.45, 7) is -0.417. The monoisotopic (exact) mass is 294 g/mol. The van der Waals surface area contributed by atoms with E-state index < -0.39 is 30.8 Å². The number of alkyl halides is 3. The maximum atomic E-state index is 12.1. The van der Waals surface area contributed by atoms with Crippen molar-refractivity contribution in [3.8, 4) is 0 Å². The van der Waals surface area contributed by atoms with Gasteiger partial charge in [0.2, 0.25) is 11.8 Å². The number of amides is 2. The number of nitrogens with zero attached hydrogens (tertiary/aromatic N) is 1. The van der Waals surface area contributed by atoms with Gasteiger partial charge in [0.25, 0.3) is 0 Å². The molecule has 114 valence electrons. The van der Waals surface area contributed by atoms with Crippen LogP contribution in [0, 0.1) is 5.92 Å². The molecule has 2 unspecified atom stereocenters. The third-order valence-corrected chi connectivity index (χ3v) is 3.61. The Labute approximate surface area is 114 Å². The van der Waals surface area contributed by atoms with Crippen LogP contribution in [-0.2, 0) is 9.59 Å². The Bertz CT molecular complexity index is 396. The lowest BCUT2D eigenvalue weighted by Gasteiger charge is -2.24. The molecule has 0 aromatic rings. The molecule has 0 bridgehead atoms. The summed E-state index contributed by atoms with van der Waals surface area (Å²) in [4.78, 5) is 25.2. The zero-order valence-electron chi connectivity index (χ0n) is 10.8. The summed E-state index contributed by atoms with van der Waals surface area (Å²) in [5, 5.41) is 10.9. The van der Waals surface area contributed by atoms with Gasteiger partial charge in [-0.05, 0) is 25.7 Å². The van der Waals surface area contributed by atoms with Gasteiger partial charge in [-0.1, -0.05) is 0 Å². The molecule has 2 rings (SSSR count). The van der Waals surface area contributed by atoms with Gasteiger partial charge in [0.1, 0.15) is 6.04 Å². The quantitative estimate of drug-likeness (QED) is 0.790. The first-order valence-corrected chi connectivity index (χ1v) is 6.63. The molecule has 1 saturated carbocycles. The second-order valence-corrected chi connectivity index (χ2v) is 5.27. The summed E-state index contributed by atoms with van der Waals surface area (Å²) < 4.78 is 36.4. The molecule has 0 aromatic heterocycles. The van der Waals surface area contributed by atoms with Crippen molar-refractivity contribution in [2.45, 2.75) is 44.0 Å². The maximum Gasteiger partial charge on any atom is 0.416 e. The van der Waals surface area contributed by atoms with Crippen LogP contribution in [0.25, 0.3) is 0 Å². The van der Waals surface area contributed by atoms with E-state index in [0.29, 0.717) is 19.4 Å². The van der Waals surface area contributed by atoms with Crippen molar-refractivity contribution in [3.63, 3.8) is 0 Å². The highest BCUT2D eigenvalue weighted by Gasteiger charge is 2.42. The highest BCUT2D eigenvalue weighted by Crippen LogP contribution is 2.33. The molecule has 1 heterocycles. The molecule has 2 N–H and O–H groups in total. The van der Waals surface area contributed by atoms with Crippen molar-refractivity contribution >= 4 is 11.8 Å². The molecule has 0 radical (unpaired) electrons. The zero-order chi connectivity index (χ0) is 14.9. The summed E-state index contributed by atoms with van der Waals surface area (Å²) in [6.07, 6.45) is -4.59. The molecule has 2 fully saturated rings. The van der Waals surface area contributed by atoms with Gasteiger partial charge >= 0.3 is 6.18 Å². The SMILES string of the molecule is O=C(NCC(O)C(F)(F)F)C1CCCN1C(=O)C1CC1. The second-order valence-electron chi connectivity index (χ2n) is 5.27. The van der Waals surface area contributed by atoms with Gasteiger partial charge in [0, 0.05) is 12.5 Å². The van der Waals surface area contributed by atoms with E-state index in [-0.39, 0.29) is 11.8 Å². The second kappa shape index (κ2) is 5.59. The lowest BCUT2D eigenvalue weighted by Crippen LogP contribution is -2.49. The highest BCUT2D eigenvalue weighted by atomic mass is 19.4. The first kappa shape index (κ1) is 15.1. The smallest absolute Gasteiger partial charge is 0.382 e. The number of rotatable bonds is 4. The standard InChI is InChI=1S/C12H17F3N2O3/c13-12(14,15)9(18)6-16-10(19)8-2-1-5-17(8)11(20)7-3-4-7/h7-9,18H,1-6H2,(H,16,19). The van der Waals surface area contributed by atoms with Gasteiger partial charge in [-0.3, -0.25) is 9.59 Å². The molecule has 5 nitrogen and oxygen atoms in total. The summed E-state index contributed by atoms with van der Waals surface area (Å²) in [7, 11) is 0. The Morgan fingerprint density at radius 1 is 1.30 bits per heavy atom. The van der Waals surface area contributed by atoms with Gasteiger partial charge in [0.15, 0.2) is 6.10 Å². The van der Waals surface area contributed by atoms with Gasteiger partial charge in [0.05, 0.1) is 6.54 Å². The minimum atomic E-state index is -4.76. The van der Waals surface area contributed by atoms with Gasteiger partial charge in [-0.25, -0.2) is 0 Å². The minimum absolute atomic E-state index is 0.0239. The van der Waals surface area contributed by atoms with Gasteiger partial charge in [-0.2, -0.15) is 13.2 Å². The molecule has 20 heavy (non-hydrogen) atoms. The number of halogens is 3. The van der Waals surface area contributed by atoms with E-state index in [1.54, 1.807) is 0 Å². The van der Waals surface area contributed by atoms with Crippen LogP contribution in [0.3, 0.4) is 0 Å². The number of hydrogen-bond donors (Lipinski definition) is 2. The van der Waals surface area contributed by atoms with Crippen LogP contribution in [0.5, 0.6) is 0 Å². The third kappa shape index (κ3) is 3.41. The Morgan fingerprint density at radius 3 is 2.50 bits per heavy atom. The van der Waals surface area contributed by atoms with Gasteiger partial charge in [-0.15, -0.1) is 0 Å². The average molecular weight is 294 g/mol. The topological polar surface area (TPSA) is 69.6 Å². The van der Waals surface area contributed by atoms with Gasteiger partial charge < -0.3 is 15.3 Å². The Balaban J connectivity index is 1.86. The van der Waals surface area contributed by atoms with E-state index >= 15 is 0 Å². The number of carbonyl (C=O) groups excluding carboxylic acids is 2. The van der Waals surface area contributed by atoms with Crippen LogP contribution in [0.15, 0.2) is 0 Å². The molecule has 8 heteroatoms. The van der Waals surface area contributed by atoms with E-state index in [1.165, 1.54) is 4.90 Å². The summed E-state index contributed by atoms with van der Waals surface area (Å²) in [5.41, 5.74) is 0. The molecular formula is C12H17F3N2O3. The number of nitrogens with one attached hydrogen (secondary N) is 1. The van der Waals surface area contributed by atoms with Crippen molar-refractivity contribution in [2.75, 3.05) is 13.1 Å². The number of aliphatic hydroxyl groups is 1. The zero-order valence-corrected chi connectivity index (χ0v) is 10.8. The minimum Gasteiger partial charge on any atom is -0.382 e. The summed E-state index contributed by atoms with van der Waals surface area (Å²) >= 11 is 0. The predicted molar refractivity (Wildman–Crippen MR) is 62.5 cm³/mol. The first-order chi connectivity index (χ1) is 9.30. The Hall–Kier alpha value is -1.31. The molecule has 0 spiro atoms. The molecule has 1 aliphatic carbocycles. The lowest BCUT2D eigenvalue weighted by molar-refractivity contribution is -0.202. The molecule has 2 atom stereocenters. The van der Waals surface area contributed by atoms with Crippen LogP contribution in [-0.4, -0.2) is 53.2 Å². The van der Waals surface area contributed by atoms with Crippen LogP contribution in [0.1, 0.15) is 25.7 Å². The molecular weight excluding hydrogens is 277 g/mol. The van der Waals surface area contributed by atoms with Crippen molar-refractivity contribution in [3.05, 3.63) is 0 Å². The van der Waals surface area contributed by atoms with E-state index in [0.717, 1.165) is 12.8 Å². The van der Waals surface area contributed by atoms with E-state index in [2.05, 4.69) is 5.32 Å². The Morgan fingerprint density at radius 2 is 1.95 bits per heavy atom. The van der Waals surface area contributed by atoms with Crippen molar-refractivity contribution < 1.29 is 27.9 Å². The van der Waals surface area contributed by atoms with Crippen LogP contribution in [0.4, 0.5) is 13.2 Å². The van der Waals surface area contributed by atoms with Crippen LogP contribution < -0.4 is 5.32 Å². The number of aliphatic hydroxyl groups excluding tert-OH is 1. The fraction of sp³-hybridized carbons (Fsp3) is 0.833.